The first-order chi connectivity index (χ1) is 6.67. The van der Waals surface area contributed by atoms with E-state index in [1.165, 1.54) is 38.5 Å². The minimum atomic E-state index is 0.251. The van der Waals surface area contributed by atoms with Gasteiger partial charge in [-0.05, 0) is 49.9 Å². The number of nitrogens with two attached hydrogens (primary N) is 1. The van der Waals surface area contributed by atoms with Crippen molar-refractivity contribution in [1.82, 2.24) is 0 Å². The van der Waals surface area contributed by atoms with Crippen molar-refractivity contribution in [1.29, 1.82) is 0 Å². The second-order valence-corrected chi connectivity index (χ2v) is 5.41. The van der Waals surface area contributed by atoms with Gasteiger partial charge in [0.15, 0.2) is 0 Å². The zero-order chi connectivity index (χ0) is 10.2. The molecule has 0 aromatic carbocycles. The van der Waals surface area contributed by atoms with Gasteiger partial charge in [0.1, 0.15) is 0 Å². The van der Waals surface area contributed by atoms with Crippen LogP contribution in [0.2, 0.25) is 0 Å². The molecule has 2 aliphatic carbocycles. The van der Waals surface area contributed by atoms with Gasteiger partial charge in [0.2, 0.25) is 0 Å². The smallest absolute Gasteiger partial charge is 0.0437 e. The molecule has 2 aliphatic rings. The predicted octanol–water partition coefficient (Wildman–Crippen LogP) is 2.06. The molecule has 0 amide bonds. The van der Waals surface area contributed by atoms with Gasteiger partial charge < -0.3 is 10.8 Å². The maximum Gasteiger partial charge on any atom is 0.0437 e. The Morgan fingerprint density at radius 1 is 1.21 bits per heavy atom. The Morgan fingerprint density at radius 3 is 2.21 bits per heavy atom. The second kappa shape index (κ2) is 3.49. The fourth-order valence-electron chi connectivity index (χ4n) is 4.13. The highest BCUT2D eigenvalue weighted by Gasteiger charge is 2.60. The van der Waals surface area contributed by atoms with Gasteiger partial charge in [-0.25, -0.2) is 0 Å². The van der Waals surface area contributed by atoms with Crippen LogP contribution in [0.15, 0.2) is 0 Å². The average Bonchev–Trinajstić information content (AvgIpc) is 2.62. The lowest BCUT2D eigenvalue weighted by atomic mass is 9.45. The van der Waals surface area contributed by atoms with Gasteiger partial charge >= 0.3 is 0 Å². The first-order valence-corrected chi connectivity index (χ1v) is 6.03. The Labute approximate surface area is 86.9 Å². The monoisotopic (exact) mass is 197 g/mol. The van der Waals surface area contributed by atoms with E-state index in [0.717, 1.165) is 6.42 Å². The Bertz CT molecular complexity index is 208. The molecule has 2 atom stereocenters. The summed E-state index contributed by atoms with van der Waals surface area (Å²) in [5.41, 5.74) is 6.96. The van der Waals surface area contributed by atoms with E-state index < -0.39 is 0 Å². The number of rotatable bonds is 3. The van der Waals surface area contributed by atoms with Crippen LogP contribution in [0.4, 0.5) is 0 Å². The molecular weight excluding hydrogens is 174 g/mol. The van der Waals surface area contributed by atoms with E-state index in [0.29, 0.717) is 12.0 Å². The predicted molar refractivity (Wildman–Crippen MR) is 57.9 cm³/mol. The van der Waals surface area contributed by atoms with Crippen molar-refractivity contribution in [2.24, 2.45) is 16.6 Å². The maximum atomic E-state index is 9.20. The summed E-state index contributed by atoms with van der Waals surface area (Å²) >= 11 is 0. The van der Waals surface area contributed by atoms with E-state index in [4.69, 9.17) is 5.73 Å². The summed E-state index contributed by atoms with van der Waals surface area (Å²) in [6.07, 6.45) is 8.98. The molecule has 2 saturated carbocycles. The molecule has 0 aromatic rings. The van der Waals surface area contributed by atoms with Crippen molar-refractivity contribution < 1.29 is 5.11 Å². The van der Waals surface area contributed by atoms with Crippen LogP contribution in [0, 0.1) is 10.8 Å². The molecule has 3 N–H and O–H groups in total. The molecule has 0 aromatic heterocycles. The first kappa shape index (κ1) is 10.4. The number of hydrogen-bond donors (Lipinski definition) is 2. The van der Waals surface area contributed by atoms with E-state index in [-0.39, 0.29) is 11.5 Å². The topological polar surface area (TPSA) is 46.2 Å². The molecule has 0 aliphatic heterocycles. The molecule has 2 unspecified atom stereocenters. The highest BCUT2D eigenvalue weighted by molar-refractivity contribution is 5.11. The average molecular weight is 197 g/mol. The molecular formula is C12H23NO. The van der Waals surface area contributed by atoms with E-state index in [1.807, 2.05) is 0 Å². The van der Waals surface area contributed by atoms with Crippen LogP contribution in [-0.2, 0) is 0 Å². The van der Waals surface area contributed by atoms with Gasteiger partial charge in [-0.1, -0.05) is 12.8 Å². The van der Waals surface area contributed by atoms with E-state index in [1.54, 1.807) is 0 Å². The van der Waals surface area contributed by atoms with Gasteiger partial charge in [-0.15, -0.1) is 0 Å². The largest absolute Gasteiger partial charge is 0.396 e. The van der Waals surface area contributed by atoms with Crippen molar-refractivity contribution in [2.75, 3.05) is 6.61 Å². The lowest BCUT2D eigenvalue weighted by Crippen LogP contribution is -2.59. The lowest BCUT2D eigenvalue weighted by molar-refractivity contribution is -0.106. The molecule has 2 rings (SSSR count). The number of hydrogen-bond acceptors (Lipinski definition) is 2. The zero-order valence-corrected chi connectivity index (χ0v) is 9.26. The summed E-state index contributed by atoms with van der Waals surface area (Å²) in [4.78, 5) is 0. The van der Waals surface area contributed by atoms with Crippen LogP contribution in [-0.4, -0.2) is 17.8 Å². The molecule has 0 saturated heterocycles. The molecule has 82 valence electrons. The van der Waals surface area contributed by atoms with Gasteiger partial charge in [-0.3, -0.25) is 0 Å². The van der Waals surface area contributed by atoms with Crippen LogP contribution in [0.1, 0.15) is 51.9 Å². The lowest BCUT2D eigenvalue weighted by Gasteiger charge is -2.61. The van der Waals surface area contributed by atoms with Crippen molar-refractivity contribution in [3.63, 3.8) is 0 Å². The van der Waals surface area contributed by atoms with Crippen LogP contribution in [0.5, 0.6) is 0 Å². The highest BCUT2D eigenvalue weighted by Crippen LogP contribution is 2.67. The summed E-state index contributed by atoms with van der Waals surface area (Å²) in [6, 6.07) is 0.251. The minimum Gasteiger partial charge on any atom is -0.396 e. The highest BCUT2D eigenvalue weighted by atomic mass is 16.3. The van der Waals surface area contributed by atoms with Crippen LogP contribution >= 0.6 is 0 Å². The van der Waals surface area contributed by atoms with Gasteiger partial charge in [0, 0.05) is 12.6 Å². The zero-order valence-electron chi connectivity index (χ0n) is 9.26. The fourth-order valence-corrected chi connectivity index (χ4v) is 4.13. The summed E-state index contributed by atoms with van der Waals surface area (Å²) in [5.74, 6) is 0. The van der Waals surface area contributed by atoms with E-state index in [2.05, 4.69) is 6.92 Å². The Kier molecular flexibility index (Phi) is 2.61. The summed E-state index contributed by atoms with van der Waals surface area (Å²) < 4.78 is 0. The molecule has 14 heavy (non-hydrogen) atoms. The summed E-state index contributed by atoms with van der Waals surface area (Å²) in [7, 11) is 0. The van der Waals surface area contributed by atoms with Gasteiger partial charge in [-0.2, -0.15) is 0 Å². The molecule has 1 spiro atoms. The third kappa shape index (κ3) is 1.17. The SMILES string of the molecule is CC(N)C1(CCO)CCC12CCCC2. The maximum absolute atomic E-state index is 9.20. The van der Waals surface area contributed by atoms with Gasteiger partial charge in [0.05, 0.1) is 0 Å². The summed E-state index contributed by atoms with van der Waals surface area (Å²) in [5, 5.41) is 9.20. The molecule has 0 heterocycles. The van der Waals surface area contributed by atoms with E-state index >= 15 is 0 Å². The molecule has 2 fully saturated rings. The van der Waals surface area contributed by atoms with Crippen molar-refractivity contribution in [3.8, 4) is 0 Å². The van der Waals surface area contributed by atoms with Crippen LogP contribution < -0.4 is 5.73 Å². The van der Waals surface area contributed by atoms with Crippen molar-refractivity contribution in [2.45, 2.75) is 57.9 Å². The molecule has 0 radical (unpaired) electrons. The first-order valence-electron chi connectivity index (χ1n) is 6.03. The Hall–Kier alpha value is -0.0800. The number of aliphatic hydroxyl groups is 1. The van der Waals surface area contributed by atoms with Crippen molar-refractivity contribution >= 4 is 0 Å². The Morgan fingerprint density at radius 2 is 1.86 bits per heavy atom. The standard InChI is InChI=1S/C12H23NO/c1-10(13)12(8-9-14)7-6-11(12)4-2-3-5-11/h10,14H,2-9,13H2,1H3. The number of aliphatic hydroxyl groups excluding tert-OH is 1. The minimum absolute atomic E-state index is 0.251. The molecule has 2 nitrogen and oxygen atoms in total. The van der Waals surface area contributed by atoms with Crippen LogP contribution in [0.3, 0.4) is 0 Å². The summed E-state index contributed by atoms with van der Waals surface area (Å²) in [6.45, 7) is 2.44. The Balaban J connectivity index is 2.18. The third-order valence-corrected chi connectivity index (χ3v) is 5.10. The fraction of sp³-hybridized carbons (Fsp3) is 1.00. The van der Waals surface area contributed by atoms with E-state index in [9.17, 15) is 5.11 Å². The third-order valence-electron chi connectivity index (χ3n) is 5.10. The molecule has 0 bridgehead atoms. The normalized spacial score (nSPS) is 37.1. The van der Waals surface area contributed by atoms with Crippen molar-refractivity contribution in [3.05, 3.63) is 0 Å². The molecule has 2 heteroatoms. The quantitative estimate of drug-likeness (QED) is 0.727. The van der Waals surface area contributed by atoms with Crippen LogP contribution in [0.25, 0.3) is 0 Å². The second-order valence-electron chi connectivity index (χ2n) is 5.41. The van der Waals surface area contributed by atoms with Gasteiger partial charge in [0.25, 0.3) is 0 Å².